The number of carbonyl (C=O) groups excluding carboxylic acids is 3. The second-order valence-corrected chi connectivity index (χ2v) is 4.39. The van der Waals surface area contributed by atoms with E-state index < -0.39 is 5.97 Å². The third-order valence-corrected chi connectivity index (χ3v) is 2.73. The van der Waals surface area contributed by atoms with Gasteiger partial charge in [-0.2, -0.15) is 0 Å². The number of ether oxygens (including phenoxy) is 1. The van der Waals surface area contributed by atoms with Crippen LogP contribution in [0.3, 0.4) is 0 Å². The lowest BCUT2D eigenvalue weighted by atomic mass is 10.2. The average Bonchev–Trinajstić information content (AvgIpc) is 2.87. The van der Waals surface area contributed by atoms with Crippen molar-refractivity contribution in [2.24, 2.45) is 0 Å². The maximum Gasteiger partial charge on any atom is 0.325 e. The molecule has 1 aromatic rings. The Balaban J connectivity index is 2.81. The van der Waals surface area contributed by atoms with E-state index >= 15 is 0 Å². The Kier molecular flexibility index (Phi) is 5.96. The smallest absolute Gasteiger partial charge is 0.325 e. The lowest BCUT2D eigenvalue weighted by Gasteiger charge is -2.20. The van der Waals surface area contributed by atoms with Crippen LogP contribution in [0, 0.1) is 0 Å². The van der Waals surface area contributed by atoms with Crippen LogP contribution in [-0.4, -0.2) is 47.2 Å². The number of rotatable bonds is 7. The molecule has 20 heavy (non-hydrogen) atoms. The molecule has 0 spiro atoms. The van der Waals surface area contributed by atoms with Crippen LogP contribution >= 0.6 is 0 Å². The largest absolute Gasteiger partial charge is 0.465 e. The van der Waals surface area contributed by atoms with Gasteiger partial charge in [0.15, 0.2) is 5.78 Å². The number of hydrogen-bond donors (Lipinski definition) is 1. The molecule has 0 aromatic carbocycles. The van der Waals surface area contributed by atoms with Crippen molar-refractivity contribution >= 4 is 17.7 Å². The van der Waals surface area contributed by atoms with E-state index in [4.69, 9.17) is 4.74 Å². The fourth-order valence-corrected chi connectivity index (χ4v) is 1.78. The summed E-state index contributed by atoms with van der Waals surface area (Å²) in [5.74, 6) is -0.868. The van der Waals surface area contributed by atoms with E-state index in [0.29, 0.717) is 17.8 Å². The Labute approximate surface area is 118 Å². The van der Waals surface area contributed by atoms with Crippen LogP contribution < -0.4 is 0 Å². The zero-order valence-corrected chi connectivity index (χ0v) is 12.1. The number of nitrogens with zero attached hydrogens (tertiary/aromatic N) is 1. The van der Waals surface area contributed by atoms with Gasteiger partial charge in [-0.1, -0.05) is 6.92 Å². The number of esters is 1. The summed E-state index contributed by atoms with van der Waals surface area (Å²) in [5.41, 5.74) is 0.744. The third-order valence-electron chi connectivity index (χ3n) is 2.73. The molecule has 0 unspecified atom stereocenters. The highest BCUT2D eigenvalue weighted by atomic mass is 16.5. The highest BCUT2D eigenvalue weighted by Crippen LogP contribution is 2.08. The van der Waals surface area contributed by atoms with Crippen molar-refractivity contribution in [2.75, 3.05) is 19.7 Å². The Morgan fingerprint density at radius 1 is 1.30 bits per heavy atom. The zero-order chi connectivity index (χ0) is 15.1. The SMILES string of the molecule is CCCN(CC(=O)OCC)C(=O)c1cc(C(C)=O)c[nH]1. The maximum atomic E-state index is 12.3. The fourth-order valence-electron chi connectivity index (χ4n) is 1.78. The van der Waals surface area contributed by atoms with Gasteiger partial charge in [0.2, 0.25) is 0 Å². The number of aromatic amines is 1. The predicted octanol–water partition coefficient (Wildman–Crippen LogP) is 1.63. The fraction of sp³-hybridized carbons (Fsp3) is 0.500. The van der Waals surface area contributed by atoms with Gasteiger partial charge in [-0.3, -0.25) is 14.4 Å². The molecule has 0 fully saturated rings. The first kappa shape index (κ1) is 15.9. The summed E-state index contributed by atoms with van der Waals surface area (Å²) in [4.78, 5) is 39.2. The lowest BCUT2D eigenvalue weighted by molar-refractivity contribution is -0.143. The number of ketones is 1. The van der Waals surface area contributed by atoms with E-state index in [2.05, 4.69) is 4.98 Å². The summed E-state index contributed by atoms with van der Waals surface area (Å²) >= 11 is 0. The minimum absolute atomic E-state index is 0.0884. The second kappa shape index (κ2) is 7.47. The van der Waals surface area contributed by atoms with Crippen LogP contribution in [0.4, 0.5) is 0 Å². The molecule has 1 aromatic heterocycles. The van der Waals surface area contributed by atoms with Crippen LogP contribution in [0.1, 0.15) is 48.0 Å². The van der Waals surface area contributed by atoms with Gasteiger partial charge in [-0.05, 0) is 26.3 Å². The molecule has 6 nitrogen and oxygen atoms in total. The van der Waals surface area contributed by atoms with Crippen molar-refractivity contribution in [3.05, 3.63) is 23.5 Å². The molecule has 0 aliphatic rings. The first-order valence-corrected chi connectivity index (χ1v) is 6.63. The van der Waals surface area contributed by atoms with Crippen molar-refractivity contribution in [1.29, 1.82) is 0 Å². The summed E-state index contributed by atoms with van der Waals surface area (Å²) < 4.78 is 4.85. The molecule has 0 bridgehead atoms. The first-order chi connectivity index (χ1) is 9.49. The van der Waals surface area contributed by atoms with Crippen molar-refractivity contribution < 1.29 is 19.1 Å². The standard InChI is InChI=1S/C14H20N2O4/c1-4-6-16(9-13(18)20-5-2)14(19)12-7-11(8-15-12)10(3)17/h7-8,15H,4-6,9H2,1-3H3. The quantitative estimate of drug-likeness (QED) is 0.608. The number of H-pyrrole nitrogens is 1. The van der Waals surface area contributed by atoms with Gasteiger partial charge in [-0.15, -0.1) is 0 Å². The van der Waals surface area contributed by atoms with E-state index in [9.17, 15) is 14.4 Å². The highest BCUT2D eigenvalue weighted by molar-refractivity contribution is 5.99. The molecular formula is C14H20N2O4. The Bertz CT molecular complexity index is 493. The molecule has 0 radical (unpaired) electrons. The first-order valence-electron chi connectivity index (χ1n) is 6.63. The maximum absolute atomic E-state index is 12.3. The molecule has 0 saturated carbocycles. The van der Waals surface area contributed by atoms with E-state index in [-0.39, 0.29) is 24.8 Å². The summed E-state index contributed by atoms with van der Waals surface area (Å²) in [6.45, 7) is 5.71. The normalized spacial score (nSPS) is 10.2. The average molecular weight is 280 g/mol. The van der Waals surface area contributed by atoms with Crippen LogP contribution in [0.25, 0.3) is 0 Å². The van der Waals surface area contributed by atoms with E-state index in [1.165, 1.54) is 24.1 Å². The number of aromatic nitrogens is 1. The Morgan fingerprint density at radius 3 is 2.50 bits per heavy atom. The predicted molar refractivity (Wildman–Crippen MR) is 73.6 cm³/mol. The Morgan fingerprint density at radius 2 is 2.00 bits per heavy atom. The van der Waals surface area contributed by atoms with Gasteiger partial charge in [0.05, 0.1) is 6.61 Å². The second-order valence-electron chi connectivity index (χ2n) is 4.39. The van der Waals surface area contributed by atoms with Crippen LogP contribution in [-0.2, 0) is 9.53 Å². The lowest BCUT2D eigenvalue weighted by Crippen LogP contribution is -2.37. The van der Waals surface area contributed by atoms with Gasteiger partial charge in [0, 0.05) is 18.3 Å². The number of carbonyl (C=O) groups is 3. The number of amides is 1. The monoisotopic (exact) mass is 280 g/mol. The molecule has 0 aliphatic carbocycles. The molecule has 1 N–H and O–H groups in total. The summed E-state index contributed by atoms with van der Waals surface area (Å²) in [7, 11) is 0. The van der Waals surface area contributed by atoms with E-state index in [1.807, 2.05) is 6.92 Å². The molecule has 0 saturated heterocycles. The topological polar surface area (TPSA) is 79.5 Å². The van der Waals surface area contributed by atoms with Gasteiger partial charge in [0.25, 0.3) is 5.91 Å². The van der Waals surface area contributed by atoms with Crippen LogP contribution in [0.5, 0.6) is 0 Å². The van der Waals surface area contributed by atoms with Gasteiger partial charge in [-0.25, -0.2) is 0 Å². The molecule has 1 amide bonds. The number of Topliss-reactive ketones (excluding diaryl/α,β-unsaturated/α-hetero) is 1. The third kappa shape index (κ3) is 4.22. The number of hydrogen-bond acceptors (Lipinski definition) is 4. The molecule has 1 rings (SSSR count). The van der Waals surface area contributed by atoms with E-state index in [1.54, 1.807) is 6.92 Å². The molecular weight excluding hydrogens is 260 g/mol. The Hall–Kier alpha value is -2.11. The summed E-state index contributed by atoms with van der Waals surface area (Å²) in [6.07, 6.45) is 2.22. The molecule has 6 heteroatoms. The van der Waals surface area contributed by atoms with Crippen molar-refractivity contribution in [3.63, 3.8) is 0 Å². The summed E-state index contributed by atoms with van der Waals surface area (Å²) in [5, 5.41) is 0. The van der Waals surface area contributed by atoms with Crippen LogP contribution in [0.15, 0.2) is 12.3 Å². The van der Waals surface area contributed by atoms with Crippen molar-refractivity contribution in [3.8, 4) is 0 Å². The summed E-state index contributed by atoms with van der Waals surface area (Å²) in [6, 6.07) is 1.50. The molecule has 0 aliphatic heterocycles. The zero-order valence-electron chi connectivity index (χ0n) is 12.1. The molecule has 1 heterocycles. The minimum Gasteiger partial charge on any atom is -0.465 e. The van der Waals surface area contributed by atoms with Crippen molar-refractivity contribution in [2.45, 2.75) is 27.2 Å². The van der Waals surface area contributed by atoms with Crippen LogP contribution in [0.2, 0.25) is 0 Å². The number of nitrogens with one attached hydrogen (secondary N) is 1. The van der Waals surface area contributed by atoms with Crippen molar-refractivity contribution in [1.82, 2.24) is 9.88 Å². The van der Waals surface area contributed by atoms with Gasteiger partial charge < -0.3 is 14.6 Å². The minimum atomic E-state index is -0.437. The highest BCUT2D eigenvalue weighted by Gasteiger charge is 2.20. The van der Waals surface area contributed by atoms with Gasteiger partial charge in [0.1, 0.15) is 12.2 Å². The van der Waals surface area contributed by atoms with E-state index in [0.717, 1.165) is 6.42 Å². The molecule has 110 valence electrons. The molecule has 0 atom stereocenters. The van der Waals surface area contributed by atoms with Gasteiger partial charge >= 0.3 is 5.97 Å².